The Balaban J connectivity index is 4.31. The molecule has 0 aliphatic carbocycles. The number of carbonyl (C=O) groups excluding carboxylic acids is 3. The van der Waals surface area contributed by atoms with Crippen LogP contribution in [0.2, 0.25) is 0 Å². The molecule has 0 heterocycles. The number of unbranched alkanes of at least 4 members (excludes halogenated alkanes) is 36. The van der Waals surface area contributed by atoms with Crippen LogP contribution in [-0.4, -0.2) is 37.2 Å². The number of esters is 3. The molecule has 0 radical (unpaired) electrons. The number of hydrogen-bond donors (Lipinski definition) is 0. The lowest BCUT2D eigenvalue weighted by molar-refractivity contribution is -0.167. The predicted molar refractivity (Wildman–Crippen MR) is 353 cm³/mol. The lowest BCUT2D eigenvalue weighted by atomic mass is 10.0. The summed E-state index contributed by atoms with van der Waals surface area (Å²) in [7, 11) is 0. The molecule has 466 valence electrons. The molecule has 0 aliphatic rings. The van der Waals surface area contributed by atoms with Gasteiger partial charge in [-0.3, -0.25) is 14.4 Å². The van der Waals surface area contributed by atoms with Gasteiger partial charge in [0.15, 0.2) is 6.10 Å². The standard InChI is InChI=1S/C75H130O6/c1-4-7-10-13-16-19-22-25-28-30-32-34-35-36-37-38-39-41-42-44-47-50-53-56-59-62-65-68-74(77)80-71-72(70-79-73(76)67-64-61-58-55-52-49-46-27-24-21-18-15-12-9-6-3)81-75(78)69-66-63-60-57-54-51-48-45-43-40-33-31-29-26-23-20-17-14-11-8-5-2/h7-8,10-11,16-17,19-20,25-26,28-29,32-34,40,72H,4-6,9,12-15,18,21-24,27,30-31,35-39,41-71H2,1-3H3/b10-7-,11-8-,19-16-,20-17-,28-25-,29-26-,34-32-,40-33-. The summed E-state index contributed by atoms with van der Waals surface area (Å²) in [6, 6.07) is 0. The summed E-state index contributed by atoms with van der Waals surface area (Å²) in [4.78, 5) is 38.5. The van der Waals surface area contributed by atoms with E-state index in [1.807, 2.05) is 0 Å². The van der Waals surface area contributed by atoms with Crippen LogP contribution < -0.4 is 0 Å². The van der Waals surface area contributed by atoms with Gasteiger partial charge in [-0.05, 0) is 96.3 Å². The molecule has 0 aromatic rings. The van der Waals surface area contributed by atoms with Crippen molar-refractivity contribution in [2.75, 3.05) is 13.2 Å². The van der Waals surface area contributed by atoms with E-state index in [2.05, 4.69) is 118 Å². The van der Waals surface area contributed by atoms with E-state index in [1.54, 1.807) is 0 Å². The fraction of sp³-hybridized carbons (Fsp3) is 0.747. The average Bonchev–Trinajstić information content (AvgIpc) is 3.47. The van der Waals surface area contributed by atoms with Gasteiger partial charge < -0.3 is 14.2 Å². The number of allylic oxidation sites excluding steroid dienone is 16. The fourth-order valence-electron chi connectivity index (χ4n) is 9.96. The Kier molecular flexibility index (Phi) is 65.7. The first-order valence-electron chi connectivity index (χ1n) is 34.7. The zero-order valence-electron chi connectivity index (χ0n) is 53.5. The van der Waals surface area contributed by atoms with Crippen molar-refractivity contribution < 1.29 is 28.6 Å². The zero-order chi connectivity index (χ0) is 58.5. The summed E-state index contributed by atoms with van der Waals surface area (Å²) in [5.41, 5.74) is 0. The van der Waals surface area contributed by atoms with E-state index in [4.69, 9.17) is 14.2 Å². The van der Waals surface area contributed by atoms with Crippen molar-refractivity contribution in [3.05, 3.63) is 97.2 Å². The van der Waals surface area contributed by atoms with E-state index in [0.717, 1.165) is 116 Å². The molecule has 0 aliphatic heterocycles. The number of hydrogen-bond acceptors (Lipinski definition) is 6. The third-order valence-electron chi connectivity index (χ3n) is 15.1. The Labute approximate surface area is 502 Å². The summed E-state index contributed by atoms with van der Waals surface area (Å²) in [5.74, 6) is -0.867. The van der Waals surface area contributed by atoms with E-state index < -0.39 is 6.10 Å². The zero-order valence-corrected chi connectivity index (χ0v) is 53.5. The Hall–Kier alpha value is -3.67. The first kappa shape index (κ1) is 77.3. The van der Waals surface area contributed by atoms with Gasteiger partial charge in [0, 0.05) is 19.3 Å². The molecule has 0 saturated heterocycles. The van der Waals surface area contributed by atoms with E-state index in [-0.39, 0.29) is 31.1 Å². The topological polar surface area (TPSA) is 78.9 Å². The minimum Gasteiger partial charge on any atom is -0.462 e. The maximum Gasteiger partial charge on any atom is 0.306 e. The van der Waals surface area contributed by atoms with Crippen molar-refractivity contribution in [2.45, 2.75) is 348 Å². The van der Waals surface area contributed by atoms with Crippen molar-refractivity contribution in [1.29, 1.82) is 0 Å². The quantitative estimate of drug-likeness (QED) is 0.0261. The van der Waals surface area contributed by atoms with Gasteiger partial charge in [-0.25, -0.2) is 0 Å². The van der Waals surface area contributed by atoms with Crippen LogP contribution in [0.15, 0.2) is 97.2 Å². The van der Waals surface area contributed by atoms with Crippen LogP contribution in [0.3, 0.4) is 0 Å². The SMILES string of the molecule is CC/C=C\C/C=C\C/C=C\C/C=C\CCCCCCCCCCCCCCCCC(=O)OCC(COC(=O)CCCCCCCCCCCCCCCCC)OC(=O)CCCCCCCCCC/C=C\C/C=C\C/C=C\C/C=C\CC. The molecule has 0 bridgehead atoms. The number of ether oxygens (including phenoxy) is 3. The van der Waals surface area contributed by atoms with Crippen LogP contribution in [0.5, 0.6) is 0 Å². The second kappa shape index (κ2) is 68.8. The predicted octanol–water partition coefficient (Wildman–Crippen LogP) is 24.0. The molecule has 0 amide bonds. The first-order valence-corrected chi connectivity index (χ1v) is 34.7. The Morgan fingerprint density at radius 3 is 0.753 bits per heavy atom. The highest BCUT2D eigenvalue weighted by Gasteiger charge is 2.19. The summed E-state index contributed by atoms with van der Waals surface area (Å²) in [6.07, 6.45) is 92.8. The molecule has 0 N–H and O–H groups in total. The second-order valence-corrected chi connectivity index (χ2v) is 23.0. The molecule has 81 heavy (non-hydrogen) atoms. The van der Waals surface area contributed by atoms with Crippen LogP contribution in [0.1, 0.15) is 342 Å². The van der Waals surface area contributed by atoms with E-state index in [9.17, 15) is 14.4 Å². The van der Waals surface area contributed by atoms with Crippen LogP contribution >= 0.6 is 0 Å². The molecule has 0 fully saturated rings. The third kappa shape index (κ3) is 67.0. The summed E-state index contributed by atoms with van der Waals surface area (Å²) in [5, 5.41) is 0. The van der Waals surface area contributed by atoms with Crippen molar-refractivity contribution >= 4 is 17.9 Å². The fourth-order valence-corrected chi connectivity index (χ4v) is 9.96. The highest BCUT2D eigenvalue weighted by Crippen LogP contribution is 2.17. The molecule has 0 aromatic carbocycles. The van der Waals surface area contributed by atoms with Gasteiger partial charge in [-0.1, -0.05) is 323 Å². The molecule has 1 atom stereocenters. The molecule has 0 saturated carbocycles. The van der Waals surface area contributed by atoms with Gasteiger partial charge in [-0.2, -0.15) is 0 Å². The molecule has 6 nitrogen and oxygen atoms in total. The van der Waals surface area contributed by atoms with Crippen molar-refractivity contribution in [2.24, 2.45) is 0 Å². The third-order valence-corrected chi connectivity index (χ3v) is 15.1. The van der Waals surface area contributed by atoms with Crippen LogP contribution in [0.4, 0.5) is 0 Å². The Morgan fingerprint density at radius 1 is 0.259 bits per heavy atom. The average molecular weight is 1130 g/mol. The van der Waals surface area contributed by atoms with Crippen LogP contribution in [0, 0.1) is 0 Å². The van der Waals surface area contributed by atoms with Gasteiger partial charge >= 0.3 is 17.9 Å². The summed E-state index contributed by atoms with van der Waals surface area (Å²) in [6.45, 7) is 6.46. The highest BCUT2D eigenvalue weighted by molar-refractivity contribution is 5.71. The molecule has 0 aromatic heterocycles. The monoisotopic (exact) mass is 1130 g/mol. The lowest BCUT2D eigenvalue weighted by Crippen LogP contribution is -2.30. The Bertz CT molecular complexity index is 1580. The van der Waals surface area contributed by atoms with Crippen LogP contribution in [-0.2, 0) is 28.6 Å². The smallest absolute Gasteiger partial charge is 0.306 e. The first-order chi connectivity index (χ1) is 40.0. The molecule has 1 unspecified atom stereocenters. The van der Waals surface area contributed by atoms with Crippen molar-refractivity contribution in [3.8, 4) is 0 Å². The number of rotatable bonds is 63. The van der Waals surface area contributed by atoms with Crippen molar-refractivity contribution in [3.63, 3.8) is 0 Å². The van der Waals surface area contributed by atoms with Gasteiger partial charge in [0.05, 0.1) is 0 Å². The molecular weight excluding hydrogens is 997 g/mol. The van der Waals surface area contributed by atoms with Crippen LogP contribution in [0.25, 0.3) is 0 Å². The molecule has 0 rings (SSSR count). The minimum atomic E-state index is -0.782. The van der Waals surface area contributed by atoms with Gasteiger partial charge in [0.2, 0.25) is 0 Å². The molecular formula is C75H130O6. The van der Waals surface area contributed by atoms with Gasteiger partial charge in [-0.15, -0.1) is 0 Å². The largest absolute Gasteiger partial charge is 0.462 e. The minimum absolute atomic E-state index is 0.0768. The molecule has 6 heteroatoms. The van der Waals surface area contributed by atoms with Gasteiger partial charge in [0.25, 0.3) is 0 Å². The lowest BCUT2D eigenvalue weighted by Gasteiger charge is -2.18. The second-order valence-electron chi connectivity index (χ2n) is 23.0. The van der Waals surface area contributed by atoms with E-state index in [1.165, 1.54) is 186 Å². The van der Waals surface area contributed by atoms with Gasteiger partial charge in [0.1, 0.15) is 13.2 Å². The van der Waals surface area contributed by atoms with E-state index in [0.29, 0.717) is 19.3 Å². The highest BCUT2D eigenvalue weighted by atomic mass is 16.6. The maximum atomic E-state index is 13.0. The maximum absolute atomic E-state index is 13.0. The summed E-state index contributed by atoms with van der Waals surface area (Å²) < 4.78 is 17.0. The van der Waals surface area contributed by atoms with E-state index >= 15 is 0 Å². The molecule has 0 spiro atoms. The Morgan fingerprint density at radius 2 is 0.481 bits per heavy atom. The summed E-state index contributed by atoms with van der Waals surface area (Å²) >= 11 is 0. The van der Waals surface area contributed by atoms with Crippen molar-refractivity contribution in [1.82, 2.24) is 0 Å². The number of carbonyl (C=O) groups is 3. The normalized spacial score (nSPS) is 12.7.